The van der Waals surface area contributed by atoms with Gasteiger partial charge in [0.2, 0.25) is 0 Å². The van der Waals surface area contributed by atoms with Gasteiger partial charge >= 0.3 is 0 Å². The molecule has 6 nitrogen and oxygen atoms in total. The summed E-state index contributed by atoms with van der Waals surface area (Å²) in [4.78, 5) is 0. The number of aliphatic hydroxyl groups excluding tert-OH is 2. The SMILES string of the molecule is CC(C)(c1cc(Br)c(OCC(O)COc2c(Br)cccc2Br)cc1Br)c1cc(Br)c(OCC(O)COc2c(Br)cccc2Br)cc1Br. The Labute approximate surface area is 341 Å². The Morgan fingerprint density at radius 3 is 1.15 bits per heavy atom. The Bertz CT molecular complexity index is 1550. The minimum atomic E-state index is -0.855. The molecule has 47 heavy (non-hydrogen) atoms. The maximum absolute atomic E-state index is 10.5. The van der Waals surface area contributed by atoms with Crippen LogP contribution in [0.5, 0.6) is 23.0 Å². The first kappa shape index (κ1) is 39.6. The number of benzene rings is 4. The van der Waals surface area contributed by atoms with Crippen molar-refractivity contribution in [3.63, 3.8) is 0 Å². The highest BCUT2D eigenvalue weighted by atomic mass is 79.9. The van der Waals surface area contributed by atoms with Gasteiger partial charge in [-0.25, -0.2) is 0 Å². The van der Waals surface area contributed by atoms with Crippen molar-refractivity contribution in [1.29, 1.82) is 0 Å². The van der Waals surface area contributed by atoms with Crippen LogP contribution in [0.2, 0.25) is 0 Å². The summed E-state index contributed by atoms with van der Waals surface area (Å²) in [5.74, 6) is 2.40. The Morgan fingerprint density at radius 1 is 0.489 bits per heavy atom. The number of halogens is 8. The summed E-state index contributed by atoms with van der Waals surface area (Å²) < 4.78 is 29.8. The first-order chi connectivity index (χ1) is 22.2. The summed E-state index contributed by atoms with van der Waals surface area (Å²) in [6.07, 6.45) is -1.71. The molecule has 0 heterocycles. The third-order valence-corrected chi connectivity index (χ3v) is 12.0. The van der Waals surface area contributed by atoms with Crippen molar-refractivity contribution in [3.05, 3.63) is 108 Å². The molecule has 252 valence electrons. The molecule has 0 spiro atoms. The molecule has 14 heteroatoms. The number of hydrogen-bond acceptors (Lipinski definition) is 6. The van der Waals surface area contributed by atoms with Gasteiger partial charge in [0, 0.05) is 14.4 Å². The quantitative estimate of drug-likeness (QED) is 0.131. The van der Waals surface area contributed by atoms with E-state index >= 15 is 0 Å². The Hall–Kier alpha value is -0.160. The Balaban J connectivity index is 1.39. The lowest BCUT2D eigenvalue weighted by Gasteiger charge is -2.30. The first-order valence-electron chi connectivity index (χ1n) is 13.9. The topological polar surface area (TPSA) is 77.4 Å². The molecule has 2 unspecified atom stereocenters. The molecular formula is C33H28Br8O6. The summed E-state index contributed by atoms with van der Waals surface area (Å²) in [7, 11) is 0. The molecule has 0 saturated carbocycles. The molecule has 0 aliphatic heterocycles. The molecule has 0 aliphatic carbocycles. The van der Waals surface area contributed by atoms with Crippen LogP contribution < -0.4 is 18.9 Å². The highest BCUT2D eigenvalue weighted by Crippen LogP contribution is 2.45. The molecule has 4 aromatic rings. The van der Waals surface area contributed by atoms with Crippen LogP contribution in [-0.4, -0.2) is 48.8 Å². The largest absolute Gasteiger partial charge is 0.490 e. The lowest BCUT2D eigenvalue weighted by Crippen LogP contribution is -2.26. The highest BCUT2D eigenvalue weighted by Gasteiger charge is 2.30. The molecule has 4 rings (SSSR count). The van der Waals surface area contributed by atoms with Crippen LogP contribution in [0.3, 0.4) is 0 Å². The summed E-state index contributed by atoms with van der Waals surface area (Å²) in [5, 5.41) is 21.1. The van der Waals surface area contributed by atoms with Crippen LogP contribution in [0.15, 0.2) is 96.4 Å². The van der Waals surface area contributed by atoms with E-state index in [0.717, 1.165) is 46.9 Å². The maximum atomic E-state index is 10.5. The minimum Gasteiger partial charge on any atom is -0.490 e. The van der Waals surface area contributed by atoms with Gasteiger partial charge in [0.05, 0.1) is 26.8 Å². The van der Waals surface area contributed by atoms with Crippen molar-refractivity contribution in [1.82, 2.24) is 0 Å². The number of aliphatic hydroxyl groups is 2. The van der Waals surface area contributed by atoms with E-state index in [1.165, 1.54) is 0 Å². The molecule has 0 fully saturated rings. The minimum absolute atomic E-state index is 0.0397. The van der Waals surface area contributed by atoms with Crippen molar-refractivity contribution in [2.75, 3.05) is 26.4 Å². The lowest BCUT2D eigenvalue weighted by atomic mass is 9.78. The zero-order valence-electron chi connectivity index (χ0n) is 24.8. The van der Waals surface area contributed by atoms with Crippen molar-refractivity contribution in [3.8, 4) is 23.0 Å². The van der Waals surface area contributed by atoms with Crippen LogP contribution in [0.4, 0.5) is 0 Å². The van der Waals surface area contributed by atoms with Gasteiger partial charge in [0.15, 0.2) is 0 Å². The molecule has 2 atom stereocenters. The van der Waals surface area contributed by atoms with Gasteiger partial charge in [0.25, 0.3) is 0 Å². The average molecular weight is 1160 g/mol. The molecule has 0 radical (unpaired) electrons. The standard InChI is InChI=1S/C33H28Br8O6/c1-33(2,19-9-27(40)29(11-25(19)38)44-13-17(42)15-46-31-21(34)5-3-6-22(31)35)20-10-28(41)30(12-26(20)39)45-14-18(43)16-47-32-23(36)7-4-8-24(32)37/h3-12,17-18,42-43H,13-16H2,1-2H3. The number of ether oxygens (including phenoxy) is 4. The number of rotatable bonds is 14. The smallest absolute Gasteiger partial charge is 0.147 e. The van der Waals surface area contributed by atoms with Gasteiger partial charge in [0.1, 0.15) is 61.6 Å². The second-order valence-electron chi connectivity index (χ2n) is 10.8. The summed E-state index contributed by atoms with van der Waals surface area (Å²) in [6.45, 7) is 4.44. The van der Waals surface area contributed by atoms with E-state index in [4.69, 9.17) is 18.9 Å². The van der Waals surface area contributed by atoms with Crippen LogP contribution >= 0.6 is 127 Å². The molecule has 0 aliphatic rings. The second-order valence-corrected chi connectivity index (χ2v) is 17.6. The monoisotopic (exact) mass is 1150 g/mol. The van der Waals surface area contributed by atoms with Gasteiger partial charge in [-0.2, -0.15) is 0 Å². The first-order valence-corrected chi connectivity index (χ1v) is 20.3. The summed E-state index contributed by atoms with van der Waals surface area (Å²) >= 11 is 28.6. The molecule has 0 saturated heterocycles. The van der Waals surface area contributed by atoms with Crippen molar-refractivity contribution < 1.29 is 29.2 Å². The fraction of sp³-hybridized carbons (Fsp3) is 0.273. The molecule has 0 amide bonds. The fourth-order valence-electron chi connectivity index (χ4n) is 4.45. The number of hydrogen-bond donors (Lipinski definition) is 2. The molecule has 0 bridgehead atoms. The molecule has 2 N–H and O–H groups in total. The van der Waals surface area contributed by atoms with Crippen molar-refractivity contribution in [2.45, 2.75) is 31.5 Å². The predicted octanol–water partition coefficient (Wildman–Crippen LogP) is 11.7. The maximum Gasteiger partial charge on any atom is 0.147 e. The van der Waals surface area contributed by atoms with Gasteiger partial charge < -0.3 is 29.2 Å². The lowest BCUT2D eigenvalue weighted by molar-refractivity contribution is 0.0618. The van der Waals surface area contributed by atoms with E-state index in [1.807, 2.05) is 60.7 Å². The normalized spacial score (nSPS) is 12.9. The molecule has 4 aromatic carbocycles. The highest BCUT2D eigenvalue weighted by molar-refractivity contribution is 9.12. The van der Waals surface area contributed by atoms with E-state index < -0.39 is 17.6 Å². The molecular weight excluding hydrogens is 1130 g/mol. The van der Waals surface area contributed by atoms with Gasteiger partial charge in [-0.1, -0.05) is 57.8 Å². The molecule has 0 aromatic heterocycles. The second kappa shape index (κ2) is 17.9. The number of para-hydroxylation sites is 2. The van der Waals surface area contributed by atoms with Gasteiger partial charge in [-0.15, -0.1) is 0 Å². The van der Waals surface area contributed by atoms with Crippen LogP contribution in [0.25, 0.3) is 0 Å². The van der Waals surface area contributed by atoms with Crippen LogP contribution in [0, 0.1) is 0 Å². The van der Waals surface area contributed by atoms with E-state index in [0.29, 0.717) is 23.0 Å². The van der Waals surface area contributed by atoms with Crippen LogP contribution in [-0.2, 0) is 5.41 Å². The fourth-order valence-corrected chi connectivity index (χ4v) is 9.46. The Kier molecular flexibility index (Phi) is 15.1. The van der Waals surface area contributed by atoms with E-state index in [9.17, 15) is 10.2 Å². The predicted molar refractivity (Wildman–Crippen MR) is 213 cm³/mol. The third kappa shape index (κ3) is 10.4. The van der Waals surface area contributed by atoms with E-state index in [1.54, 1.807) is 0 Å². The Morgan fingerprint density at radius 2 is 0.809 bits per heavy atom. The van der Waals surface area contributed by atoms with Gasteiger partial charge in [-0.05, 0) is 155 Å². The van der Waals surface area contributed by atoms with Gasteiger partial charge in [-0.3, -0.25) is 0 Å². The summed E-state index contributed by atoms with van der Waals surface area (Å²) in [5.41, 5.74) is 1.55. The van der Waals surface area contributed by atoms with Crippen molar-refractivity contribution in [2.24, 2.45) is 0 Å². The van der Waals surface area contributed by atoms with E-state index in [-0.39, 0.29) is 26.4 Å². The zero-order chi connectivity index (χ0) is 34.5. The summed E-state index contributed by atoms with van der Waals surface area (Å²) in [6, 6.07) is 19.0. The zero-order valence-corrected chi connectivity index (χ0v) is 37.5. The third-order valence-electron chi connectivity index (χ3n) is 6.93. The van der Waals surface area contributed by atoms with Crippen molar-refractivity contribution >= 4 is 127 Å². The average Bonchev–Trinajstić information content (AvgIpc) is 3.00. The van der Waals surface area contributed by atoms with E-state index in [2.05, 4.69) is 141 Å². The van der Waals surface area contributed by atoms with Crippen LogP contribution in [0.1, 0.15) is 25.0 Å².